The van der Waals surface area contributed by atoms with Crippen molar-refractivity contribution in [3.63, 3.8) is 0 Å². The lowest BCUT2D eigenvalue weighted by Gasteiger charge is -2.09. The van der Waals surface area contributed by atoms with Crippen molar-refractivity contribution in [1.82, 2.24) is 21.2 Å². The number of nitrogens with one attached hydrogen (secondary N) is 4. The van der Waals surface area contributed by atoms with Gasteiger partial charge in [0.1, 0.15) is 6.54 Å². The molecule has 2 aromatic rings. The lowest BCUT2D eigenvalue weighted by atomic mass is 10.3. The van der Waals surface area contributed by atoms with Crippen LogP contribution in [0, 0.1) is 0 Å². The van der Waals surface area contributed by atoms with Gasteiger partial charge in [0.2, 0.25) is 0 Å². The lowest BCUT2D eigenvalue weighted by Crippen LogP contribution is -2.47. The van der Waals surface area contributed by atoms with E-state index in [-0.39, 0.29) is 6.54 Å². The molecule has 0 saturated heterocycles. The van der Waals surface area contributed by atoms with Gasteiger partial charge < -0.3 is 10.6 Å². The third-order valence-corrected chi connectivity index (χ3v) is 2.68. The number of rotatable bonds is 4. The monoisotopic (exact) mass is 313 g/mol. The highest BCUT2D eigenvalue weighted by atomic mass is 16.2. The van der Waals surface area contributed by atoms with Crippen molar-refractivity contribution >= 4 is 23.5 Å². The number of pyridine rings is 1. The Bertz CT molecular complexity index is 676. The molecule has 0 aliphatic carbocycles. The highest BCUT2D eigenvalue weighted by molar-refractivity contribution is 5.96. The number of para-hydroxylation sites is 1. The van der Waals surface area contributed by atoms with E-state index in [1.807, 2.05) is 6.07 Å². The number of anilines is 1. The highest BCUT2D eigenvalue weighted by Gasteiger charge is 2.08. The molecule has 0 spiro atoms. The van der Waals surface area contributed by atoms with Gasteiger partial charge in [0.05, 0.1) is 5.56 Å². The summed E-state index contributed by atoms with van der Waals surface area (Å²) in [5, 5.41) is 4.93. The molecule has 0 bridgehead atoms. The molecule has 0 radical (unpaired) electrons. The standard InChI is InChI=1S/C15H15N5O3/c21-13(19-20-14(22)11-5-4-8-16-9-11)10-17-15(23)18-12-6-2-1-3-7-12/h1-9H,10H2,(H,19,21)(H,20,22)(H2,17,18,23). The van der Waals surface area contributed by atoms with E-state index in [2.05, 4.69) is 26.5 Å². The minimum absolute atomic E-state index is 0.286. The second-order valence-corrected chi connectivity index (χ2v) is 4.42. The minimum atomic E-state index is -0.564. The Hall–Kier alpha value is -3.42. The van der Waals surface area contributed by atoms with Gasteiger partial charge >= 0.3 is 6.03 Å². The zero-order valence-corrected chi connectivity index (χ0v) is 12.1. The first-order valence-corrected chi connectivity index (χ1v) is 6.74. The average Bonchev–Trinajstić information content (AvgIpc) is 2.59. The van der Waals surface area contributed by atoms with E-state index in [9.17, 15) is 14.4 Å². The Kier molecular flexibility index (Phi) is 5.64. The number of carbonyl (C=O) groups is 3. The van der Waals surface area contributed by atoms with Crippen LogP contribution in [-0.4, -0.2) is 29.4 Å². The number of hydrogen-bond donors (Lipinski definition) is 4. The smallest absolute Gasteiger partial charge is 0.319 e. The summed E-state index contributed by atoms with van der Waals surface area (Å²) in [6, 6.07) is 11.4. The molecule has 0 aliphatic heterocycles. The van der Waals surface area contributed by atoms with Gasteiger partial charge in [-0.05, 0) is 24.3 Å². The van der Waals surface area contributed by atoms with Crippen molar-refractivity contribution in [3.05, 3.63) is 60.4 Å². The zero-order chi connectivity index (χ0) is 16.5. The summed E-state index contributed by atoms with van der Waals surface area (Å²) in [5.41, 5.74) is 5.33. The molecule has 2 rings (SSSR count). The molecule has 8 heteroatoms. The first-order valence-electron chi connectivity index (χ1n) is 6.74. The molecular formula is C15H15N5O3. The van der Waals surface area contributed by atoms with E-state index in [0.29, 0.717) is 11.3 Å². The number of hydrogen-bond acceptors (Lipinski definition) is 4. The fraction of sp³-hybridized carbons (Fsp3) is 0.0667. The number of benzene rings is 1. The minimum Gasteiger partial charge on any atom is -0.329 e. The van der Waals surface area contributed by atoms with Crippen LogP contribution < -0.4 is 21.5 Å². The lowest BCUT2D eigenvalue weighted by molar-refractivity contribution is -0.120. The maximum absolute atomic E-state index is 11.7. The van der Waals surface area contributed by atoms with E-state index >= 15 is 0 Å². The van der Waals surface area contributed by atoms with Crippen molar-refractivity contribution < 1.29 is 14.4 Å². The van der Waals surface area contributed by atoms with E-state index in [4.69, 9.17) is 0 Å². The first-order chi connectivity index (χ1) is 11.1. The fourth-order valence-electron chi connectivity index (χ4n) is 1.60. The van der Waals surface area contributed by atoms with Crippen molar-refractivity contribution in [2.75, 3.05) is 11.9 Å². The molecule has 0 atom stereocenters. The van der Waals surface area contributed by atoms with Gasteiger partial charge in [0.15, 0.2) is 0 Å². The van der Waals surface area contributed by atoms with Crippen molar-refractivity contribution in [1.29, 1.82) is 0 Å². The summed E-state index contributed by atoms with van der Waals surface area (Å²) in [4.78, 5) is 38.6. The predicted octanol–water partition coefficient (Wildman–Crippen LogP) is 0.664. The molecule has 0 fully saturated rings. The quantitative estimate of drug-likeness (QED) is 0.621. The number of hydrazine groups is 1. The number of urea groups is 1. The number of carbonyl (C=O) groups excluding carboxylic acids is 3. The van der Waals surface area contributed by atoms with Gasteiger partial charge in [-0.2, -0.15) is 0 Å². The van der Waals surface area contributed by atoms with E-state index in [1.165, 1.54) is 12.4 Å². The second-order valence-electron chi connectivity index (χ2n) is 4.42. The van der Waals surface area contributed by atoms with Gasteiger partial charge in [-0.3, -0.25) is 25.4 Å². The van der Waals surface area contributed by atoms with Crippen LogP contribution in [0.25, 0.3) is 0 Å². The first kappa shape index (κ1) is 16.0. The Morgan fingerprint density at radius 3 is 2.43 bits per heavy atom. The number of nitrogens with zero attached hydrogens (tertiary/aromatic N) is 1. The molecule has 0 saturated carbocycles. The van der Waals surface area contributed by atoms with Crippen LogP contribution in [0.1, 0.15) is 10.4 Å². The summed E-state index contributed by atoms with van der Waals surface area (Å²) in [5.74, 6) is -1.06. The molecular weight excluding hydrogens is 298 g/mol. The Morgan fingerprint density at radius 2 is 1.74 bits per heavy atom. The molecule has 8 nitrogen and oxygen atoms in total. The van der Waals surface area contributed by atoms with Crippen molar-refractivity contribution in [2.24, 2.45) is 0 Å². The van der Waals surface area contributed by atoms with Gasteiger partial charge in [-0.1, -0.05) is 18.2 Å². The normalized spacial score (nSPS) is 9.57. The number of aromatic nitrogens is 1. The molecule has 1 aromatic carbocycles. The topological polar surface area (TPSA) is 112 Å². The van der Waals surface area contributed by atoms with E-state index < -0.39 is 17.8 Å². The maximum Gasteiger partial charge on any atom is 0.319 e. The van der Waals surface area contributed by atoms with Crippen LogP contribution in [0.5, 0.6) is 0 Å². The molecule has 1 heterocycles. The summed E-state index contributed by atoms with van der Waals surface area (Å²) >= 11 is 0. The van der Waals surface area contributed by atoms with E-state index in [0.717, 1.165) is 0 Å². The van der Waals surface area contributed by atoms with E-state index in [1.54, 1.807) is 36.4 Å². The largest absolute Gasteiger partial charge is 0.329 e. The molecule has 23 heavy (non-hydrogen) atoms. The summed E-state index contributed by atoms with van der Waals surface area (Å²) in [6.07, 6.45) is 2.90. The summed E-state index contributed by atoms with van der Waals surface area (Å²) < 4.78 is 0. The Labute approximate surface area is 132 Å². The molecule has 0 unspecified atom stereocenters. The molecule has 118 valence electrons. The predicted molar refractivity (Wildman–Crippen MR) is 83.3 cm³/mol. The van der Waals surface area contributed by atoms with Crippen LogP contribution in [0.2, 0.25) is 0 Å². The third-order valence-electron chi connectivity index (χ3n) is 2.68. The maximum atomic E-state index is 11.7. The third kappa shape index (κ3) is 5.46. The van der Waals surface area contributed by atoms with Crippen molar-refractivity contribution in [3.8, 4) is 0 Å². The average molecular weight is 313 g/mol. The van der Waals surface area contributed by atoms with Gasteiger partial charge in [-0.15, -0.1) is 0 Å². The SMILES string of the molecule is O=C(CNC(=O)Nc1ccccc1)NNC(=O)c1cccnc1. The molecule has 4 amide bonds. The van der Waals surface area contributed by atoms with Gasteiger partial charge in [-0.25, -0.2) is 4.79 Å². The van der Waals surface area contributed by atoms with Gasteiger partial charge in [0.25, 0.3) is 11.8 Å². The van der Waals surface area contributed by atoms with Crippen molar-refractivity contribution in [2.45, 2.75) is 0 Å². The van der Waals surface area contributed by atoms with Gasteiger partial charge in [0, 0.05) is 18.1 Å². The Balaban J connectivity index is 1.69. The van der Waals surface area contributed by atoms with Crippen LogP contribution in [-0.2, 0) is 4.79 Å². The fourth-order valence-corrected chi connectivity index (χ4v) is 1.60. The summed E-state index contributed by atoms with van der Waals surface area (Å²) in [7, 11) is 0. The van der Waals surface area contributed by atoms with Crippen LogP contribution in [0.3, 0.4) is 0 Å². The van der Waals surface area contributed by atoms with Crippen LogP contribution in [0.4, 0.5) is 10.5 Å². The highest BCUT2D eigenvalue weighted by Crippen LogP contribution is 2.03. The molecule has 4 N–H and O–H groups in total. The molecule has 0 aliphatic rings. The summed E-state index contributed by atoms with van der Waals surface area (Å²) in [6.45, 7) is -0.286. The second kappa shape index (κ2) is 8.13. The Morgan fingerprint density at radius 1 is 0.957 bits per heavy atom. The molecule has 1 aromatic heterocycles. The zero-order valence-electron chi connectivity index (χ0n) is 12.1. The number of amides is 4. The van der Waals surface area contributed by atoms with Crippen LogP contribution >= 0.6 is 0 Å². The van der Waals surface area contributed by atoms with Crippen LogP contribution in [0.15, 0.2) is 54.9 Å².